The molecule has 0 bridgehead atoms. The van der Waals surface area contributed by atoms with Crippen molar-refractivity contribution in [3.63, 3.8) is 0 Å². The van der Waals surface area contributed by atoms with Gasteiger partial charge in [-0.25, -0.2) is 17.5 Å². The summed E-state index contributed by atoms with van der Waals surface area (Å²) in [5, 5.41) is 6.17. The molecule has 3 N–H and O–H groups in total. The van der Waals surface area contributed by atoms with Gasteiger partial charge in [-0.05, 0) is 25.5 Å². The number of nitrogens with zero attached hydrogens (tertiary/aromatic N) is 1. The summed E-state index contributed by atoms with van der Waals surface area (Å²) in [7, 11) is -1.51. The molecule has 0 aliphatic heterocycles. The van der Waals surface area contributed by atoms with E-state index >= 15 is 0 Å². The minimum atomic E-state index is -3.15. The molecule has 7 nitrogen and oxygen atoms in total. The minimum Gasteiger partial charge on any atom is -0.489 e. The number of benzene rings is 1. The van der Waals surface area contributed by atoms with E-state index in [1.54, 1.807) is 19.2 Å². The third-order valence-electron chi connectivity index (χ3n) is 2.92. The van der Waals surface area contributed by atoms with Crippen molar-refractivity contribution in [2.24, 2.45) is 4.99 Å². The third kappa shape index (κ3) is 9.31. The number of rotatable bonds is 9. The van der Waals surface area contributed by atoms with E-state index in [-0.39, 0.29) is 11.9 Å². The third-order valence-corrected chi connectivity index (χ3v) is 3.65. The van der Waals surface area contributed by atoms with Crippen LogP contribution in [-0.2, 0) is 10.0 Å². The van der Waals surface area contributed by atoms with Crippen LogP contribution in [0.5, 0.6) is 5.75 Å². The molecule has 0 fully saturated rings. The van der Waals surface area contributed by atoms with E-state index in [2.05, 4.69) is 20.3 Å². The molecule has 0 amide bonds. The van der Waals surface area contributed by atoms with E-state index in [1.165, 1.54) is 12.1 Å². The highest BCUT2D eigenvalue weighted by molar-refractivity contribution is 7.88. The molecule has 1 aromatic carbocycles. The molecule has 0 spiro atoms. The highest BCUT2D eigenvalue weighted by Crippen LogP contribution is 2.13. The molecule has 0 saturated heterocycles. The molecular formula is C15H25FN4O3S. The summed E-state index contributed by atoms with van der Waals surface area (Å²) < 4.78 is 43.0. The van der Waals surface area contributed by atoms with Crippen molar-refractivity contribution in [3.05, 3.63) is 30.1 Å². The zero-order valence-corrected chi connectivity index (χ0v) is 15.0. The highest BCUT2D eigenvalue weighted by atomic mass is 32.2. The average Bonchev–Trinajstić information content (AvgIpc) is 2.49. The first-order valence-electron chi connectivity index (χ1n) is 7.61. The topological polar surface area (TPSA) is 91.8 Å². The second kappa shape index (κ2) is 10.1. The maximum absolute atomic E-state index is 13.1. The molecule has 0 aromatic heterocycles. The van der Waals surface area contributed by atoms with E-state index in [0.717, 1.165) is 6.26 Å². The Morgan fingerprint density at radius 3 is 2.71 bits per heavy atom. The van der Waals surface area contributed by atoms with Gasteiger partial charge >= 0.3 is 0 Å². The second-order valence-electron chi connectivity index (χ2n) is 5.29. The lowest BCUT2D eigenvalue weighted by atomic mass is 10.3. The molecule has 136 valence electrons. The van der Waals surface area contributed by atoms with Crippen molar-refractivity contribution in [2.75, 3.05) is 32.9 Å². The van der Waals surface area contributed by atoms with Gasteiger partial charge in [-0.15, -0.1) is 0 Å². The molecule has 1 rings (SSSR count). The Bertz CT molecular complexity index is 637. The summed E-state index contributed by atoms with van der Waals surface area (Å²) in [5.74, 6) is 0.719. The van der Waals surface area contributed by atoms with E-state index in [9.17, 15) is 12.8 Å². The molecule has 0 radical (unpaired) electrons. The van der Waals surface area contributed by atoms with E-state index < -0.39 is 10.0 Å². The highest BCUT2D eigenvalue weighted by Gasteiger charge is 2.06. The first-order chi connectivity index (χ1) is 11.3. The molecule has 9 heteroatoms. The van der Waals surface area contributed by atoms with Gasteiger partial charge in [0.25, 0.3) is 0 Å². The summed E-state index contributed by atoms with van der Waals surface area (Å²) in [6, 6.07) is 5.98. The molecule has 0 aliphatic rings. The standard InChI is InChI=1S/C15H25FN4O3S/c1-12(23-14-7-4-6-13(16)10-14)11-19-15(17-2)18-8-5-9-20-24(3,21)22/h4,6-7,10,12,20H,5,8-9,11H2,1-3H3,(H2,17,18,19). The smallest absolute Gasteiger partial charge is 0.208 e. The van der Waals surface area contributed by atoms with Gasteiger partial charge in [0, 0.05) is 26.2 Å². The first-order valence-corrected chi connectivity index (χ1v) is 9.50. The van der Waals surface area contributed by atoms with Crippen LogP contribution in [-0.4, -0.2) is 53.4 Å². The Morgan fingerprint density at radius 1 is 1.33 bits per heavy atom. The molecular weight excluding hydrogens is 335 g/mol. The summed E-state index contributed by atoms with van der Waals surface area (Å²) in [6.45, 7) is 3.28. The Morgan fingerprint density at radius 2 is 2.08 bits per heavy atom. The van der Waals surface area contributed by atoms with Gasteiger partial charge in [0.1, 0.15) is 17.7 Å². The lowest BCUT2D eigenvalue weighted by Crippen LogP contribution is -2.42. The molecule has 0 heterocycles. The van der Waals surface area contributed by atoms with Crippen LogP contribution in [0.2, 0.25) is 0 Å². The molecule has 0 aliphatic carbocycles. The van der Waals surface area contributed by atoms with Gasteiger partial charge in [0.2, 0.25) is 10.0 Å². The summed E-state index contributed by atoms with van der Waals surface area (Å²) in [6.07, 6.45) is 1.57. The van der Waals surface area contributed by atoms with E-state index in [4.69, 9.17) is 4.74 Å². The van der Waals surface area contributed by atoms with Gasteiger partial charge in [0.05, 0.1) is 12.8 Å². The van der Waals surface area contributed by atoms with Crippen LogP contribution in [0.4, 0.5) is 4.39 Å². The van der Waals surface area contributed by atoms with Crippen LogP contribution < -0.4 is 20.1 Å². The number of nitrogens with one attached hydrogen (secondary N) is 3. The fourth-order valence-corrected chi connectivity index (χ4v) is 2.34. The first kappa shape index (κ1) is 20.2. The van der Waals surface area contributed by atoms with E-state index in [0.29, 0.717) is 37.8 Å². The Balaban J connectivity index is 2.25. The number of sulfonamides is 1. The summed E-state index contributed by atoms with van der Waals surface area (Å²) >= 11 is 0. The molecule has 1 aromatic rings. The molecule has 1 atom stereocenters. The quantitative estimate of drug-likeness (QED) is 0.342. The Labute approximate surface area is 142 Å². The average molecular weight is 360 g/mol. The SMILES string of the molecule is CN=C(NCCCNS(C)(=O)=O)NCC(C)Oc1cccc(F)c1. The van der Waals surface area contributed by atoms with Crippen molar-refractivity contribution in [3.8, 4) is 5.75 Å². The number of hydrogen-bond donors (Lipinski definition) is 3. The van der Waals surface area contributed by atoms with Crippen LogP contribution in [0.25, 0.3) is 0 Å². The summed E-state index contributed by atoms with van der Waals surface area (Å²) in [5.41, 5.74) is 0. The fraction of sp³-hybridized carbons (Fsp3) is 0.533. The van der Waals surface area contributed by atoms with Crippen molar-refractivity contribution < 1.29 is 17.5 Å². The maximum Gasteiger partial charge on any atom is 0.208 e. The second-order valence-corrected chi connectivity index (χ2v) is 7.12. The predicted octanol–water partition coefficient (Wildman–Crippen LogP) is 0.697. The van der Waals surface area contributed by atoms with Gasteiger partial charge in [-0.2, -0.15) is 0 Å². The maximum atomic E-state index is 13.1. The monoisotopic (exact) mass is 360 g/mol. The number of guanidine groups is 1. The van der Waals surface area contributed by atoms with Crippen LogP contribution in [0, 0.1) is 5.82 Å². The Hall–Kier alpha value is -1.87. The van der Waals surface area contributed by atoms with Gasteiger partial charge in [-0.3, -0.25) is 4.99 Å². The summed E-state index contributed by atoms with van der Waals surface area (Å²) in [4.78, 5) is 4.07. The van der Waals surface area contributed by atoms with Gasteiger partial charge < -0.3 is 15.4 Å². The van der Waals surface area contributed by atoms with Gasteiger partial charge in [-0.1, -0.05) is 6.07 Å². The van der Waals surface area contributed by atoms with E-state index in [1.807, 2.05) is 6.92 Å². The predicted molar refractivity (Wildman–Crippen MR) is 93.3 cm³/mol. The zero-order chi connectivity index (χ0) is 18.0. The molecule has 1 unspecified atom stereocenters. The lowest BCUT2D eigenvalue weighted by molar-refractivity contribution is 0.223. The minimum absolute atomic E-state index is 0.183. The van der Waals surface area contributed by atoms with Crippen molar-refractivity contribution >= 4 is 16.0 Å². The molecule has 24 heavy (non-hydrogen) atoms. The van der Waals surface area contributed by atoms with Crippen LogP contribution >= 0.6 is 0 Å². The normalized spacial score (nSPS) is 13.4. The number of hydrogen-bond acceptors (Lipinski definition) is 4. The van der Waals surface area contributed by atoms with Crippen LogP contribution in [0.3, 0.4) is 0 Å². The Kier molecular flexibility index (Phi) is 8.48. The number of ether oxygens (including phenoxy) is 1. The van der Waals surface area contributed by atoms with Crippen LogP contribution in [0.15, 0.2) is 29.3 Å². The van der Waals surface area contributed by atoms with Crippen molar-refractivity contribution in [1.82, 2.24) is 15.4 Å². The zero-order valence-electron chi connectivity index (χ0n) is 14.2. The lowest BCUT2D eigenvalue weighted by Gasteiger charge is -2.17. The van der Waals surface area contributed by atoms with Crippen molar-refractivity contribution in [2.45, 2.75) is 19.4 Å². The van der Waals surface area contributed by atoms with Gasteiger partial charge in [0.15, 0.2) is 5.96 Å². The van der Waals surface area contributed by atoms with Crippen LogP contribution in [0.1, 0.15) is 13.3 Å². The molecule has 0 saturated carbocycles. The number of aliphatic imine (C=N–C) groups is 1. The van der Waals surface area contributed by atoms with Crippen molar-refractivity contribution in [1.29, 1.82) is 0 Å². The fourth-order valence-electron chi connectivity index (χ4n) is 1.83. The largest absolute Gasteiger partial charge is 0.489 e. The number of halogens is 1.